The molecule has 96 valence electrons. The highest BCUT2D eigenvalue weighted by Gasteiger charge is 2.55. The summed E-state index contributed by atoms with van der Waals surface area (Å²) in [5.41, 5.74) is 1.81. The molecule has 0 aliphatic carbocycles. The Labute approximate surface area is 103 Å². The zero-order chi connectivity index (χ0) is 13.2. The molecule has 5 nitrogen and oxygen atoms in total. The summed E-state index contributed by atoms with van der Waals surface area (Å²) in [6.45, 7) is 3.65. The fourth-order valence-corrected chi connectivity index (χ4v) is 3.59. The van der Waals surface area contributed by atoms with Crippen LogP contribution < -0.4 is 0 Å². The lowest BCUT2D eigenvalue weighted by Crippen LogP contribution is -2.54. The molecule has 1 aliphatic heterocycles. The van der Waals surface area contributed by atoms with Crippen LogP contribution in [0.5, 0.6) is 0 Å². The predicted molar refractivity (Wildman–Crippen MR) is 62.8 cm³/mol. The van der Waals surface area contributed by atoms with E-state index >= 15 is 0 Å². The zero-order valence-corrected chi connectivity index (χ0v) is 11.2. The van der Waals surface area contributed by atoms with Crippen molar-refractivity contribution in [2.45, 2.75) is 25.0 Å². The molecule has 0 aromatic rings. The Morgan fingerprint density at radius 3 is 2.00 bits per heavy atom. The number of hydrogen-bond donors (Lipinski definition) is 0. The normalized spacial score (nSPS) is 23.2. The minimum atomic E-state index is -1.70. The lowest BCUT2D eigenvalue weighted by molar-refractivity contribution is -0.156. The number of carbonyl (C=O) groups is 2. The molecule has 0 N–H and O–H groups in total. The zero-order valence-electron chi connectivity index (χ0n) is 10.4. The van der Waals surface area contributed by atoms with Gasteiger partial charge in [0.2, 0.25) is 4.75 Å². The lowest BCUT2D eigenvalue weighted by atomic mass is 9.96. The van der Waals surface area contributed by atoms with Crippen LogP contribution in [-0.4, -0.2) is 40.9 Å². The van der Waals surface area contributed by atoms with E-state index in [4.69, 9.17) is 0 Å². The van der Waals surface area contributed by atoms with Crippen LogP contribution in [0.2, 0.25) is 0 Å². The van der Waals surface area contributed by atoms with Crippen LogP contribution in [0.25, 0.3) is 0 Å². The molecular formula is C11H16O5S. The quantitative estimate of drug-likeness (QED) is 0.412. The first-order chi connectivity index (χ1) is 7.90. The van der Waals surface area contributed by atoms with Crippen molar-refractivity contribution in [2.75, 3.05) is 20.0 Å². The van der Waals surface area contributed by atoms with Gasteiger partial charge in [0.15, 0.2) is 0 Å². The molecule has 0 fully saturated rings. The van der Waals surface area contributed by atoms with E-state index in [-0.39, 0.29) is 12.2 Å². The van der Waals surface area contributed by atoms with E-state index in [1.165, 1.54) is 14.2 Å². The fourth-order valence-electron chi connectivity index (χ4n) is 1.79. The van der Waals surface area contributed by atoms with Gasteiger partial charge in [-0.2, -0.15) is 0 Å². The first-order valence-corrected chi connectivity index (χ1v) is 6.42. The predicted octanol–water partition coefficient (Wildman–Crippen LogP) is 0.560. The van der Waals surface area contributed by atoms with Crippen LogP contribution in [-0.2, 0) is 29.9 Å². The van der Waals surface area contributed by atoms with Gasteiger partial charge in [0, 0.05) is 12.2 Å². The molecular weight excluding hydrogens is 244 g/mol. The molecule has 0 saturated carbocycles. The molecule has 0 radical (unpaired) electrons. The monoisotopic (exact) mass is 260 g/mol. The van der Waals surface area contributed by atoms with Gasteiger partial charge in [0.1, 0.15) is 0 Å². The average molecular weight is 260 g/mol. The van der Waals surface area contributed by atoms with Crippen LogP contribution in [0.4, 0.5) is 0 Å². The number of hydrogen-bond acceptors (Lipinski definition) is 5. The van der Waals surface area contributed by atoms with Gasteiger partial charge in [0.25, 0.3) is 0 Å². The molecule has 1 aliphatic rings. The van der Waals surface area contributed by atoms with E-state index in [0.717, 1.165) is 11.1 Å². The first kappa shape index (κ1) is 13.9. The third kappa shape index (κ3) is 2.13. The van der Waals surface area contributed by atoms with E-state index in [9.17, 15) is 13.8 Å². The Balaban J connectivity index is 3.30. The van der Waals surface area contributed by atoms with E-state index in [1.807, 2.05) is 13.8 Å². The highest BCUT2D eigenvalue weighted by atomic mass is 32.2. The van der Waals surface area contributed by atoms with Crippen molar-refractivity contribution in [1.82, 2.24) is 0 Å². The summed E-state index contributed by atoms with van der Waals surface area (Å²) in [7, 11) is 0.688. The summed E-state index contributed by atoms with van der Waals surface area (Å²) in [6, 6.07) is 0. The summed E-state index contributed by atoms with van der Waals surface area (Å²) in [6.07, 6.45) is 0.0881. The highest BCUT2D eigenvalue weighted by Crippen LogP contribution is 2.34. The number of ether oxygens (including phenoxy) is 2. The number of allylic oxidation sites excluding steroid dienone is 1. The van der Waals surface area contributed by atoms with Gasteiger partial charge < -0.3 is 9.47 Å². The van der Waals surface area contributed by atoms with Crippen molar-refractivity contribution in [3.63, 3.8) is 0 Å². The first-order valence-electron chi connectivity index (χ1n) is 5.10. The van der Waals surface area contributed by atoms with Crippen LogP contribution in [0.15, 0.2) is 11.1 Å². The molecule has 0 spiro atoms. The number of esters is 2. The van der Waals surface area contributed by atoms with Gasteiger partial charge in [0.05, 0.1) is 25.0 Å². The molecule has 0 bridgehead atoms. The standard InChI is InChI=1S/C11H16O5S/c1-7-5-11(9(12)15-3,10(13)16-4)17(14)6-8(7)2/h5-6H2,1-4H3. The Kier molecular flexibility index (Phi) is 4.08. The van der Waals surface area contributed by atoms with Crippen molar-refractivity contribution in [3.8, 4) is 0 Å². The average Bonchev–Trinajstić information content (AvgIpc) is 2.31. The second kappa shape index (κ2) is 5.00. The Bertz CT molecular complexity index is 394. The van der Waals surface area contributed by atoms with E-state index < -0.39 is 27.5 Å². The van der Waals surface area contributed by atoms with Crippen molar-refractivity contribution in [3.05, 3.63) is 11.1 Å². The smallest absolute Gasteiger partial charge is 0.336 e. The molecule has 0 amide bonds. The summed E-state index contributed by atoms with van der Waals surface area (Å²) in [4.78, 5) is 23.6. The van der Waals surface area contributed by atoms with E-state index in [0.29, 0.717) is 0 Å². The number of carbonyl (C=O) groups excluding carboxylic acids is 2. The number of rotatable bonds is 2. The maximum atomic E-state index is 12.1. The highest BCUT2D eigenvalue weighted by molar-refractivity contribution is 7.88. The molecule has 6 heteroatoms. The second-order valence-electron chi connectivity index (χ2n) is 4.04. The van der Waals surface area contributed by atoms with Crippen LogP contribution in [0, 0.1) is 0 Å². The van der Waals surface area contributed by atoms with Gasteiger partial charge in [-0.1, -0.05) is 11.1 Å². The molecule has 17 heavy (non-hydrogen) atoms. The maximum absolute atomic E-state index is 12.1. The summed E-state index contributed by atoms with van der Waals surface area (Å²) in [5, 5.41) is 0. The van der Waals surface area contributed by atoms with Gasteiger partial charge in [-0.05, 0) is 13.8 Å². The van der Waals surface area contributed by atoms with Crippen LogP contribution in [0.1, 0.15) is 20.3 Å². The third-order valence-electron chi connectivity index (χ3n) is 3.01. The SMILES string of the molecule is COC(=O)C1(C(=O)OC)CC(C)=C(C)CS1=O. The Morgan fingerprint density at radius 1 is 1.12 bits per heavy atom. The molecule has 1 unspecified atom stereocenters. The largest absolute Gasteiger partial charge is 0.467 e. The molecule has 0 aromatic carbocycles. The minimum absolute atomic E-state index is 0.0881. The molecule has 1 heterocycles. The van der Waals surface area contributed by atoms with Crippen molar-refractivity contribution in [1.29, 1.82) is 0 Å². The van der Waals surface area contributed by atoms with Gasteiger partial charge in [-0.3, -0.25) is 4.21 Å². The Morgan fingerprint density at radius 2 is 1.59 bits per heavy atom. The molecule has 1 atom stereocenters. The Hall–Kier alpha value is -1.17. The van der Waals surface area contributed by atoms with Crippen molar-refractivity contribution < 1.29 is 23.3 Å². The van der Waals surface area contributed by atoms with Gasteiger partial charge in [-0.25, -0.2) is 9.59 Å². The molecule has 1 rings (SSSR count). The van der Waals surface area contributed by atoms with Gasteiger partial charge >= 0.3 is 11.9 Å². The lowest BCUT2D eigenvalue weighted by Gasteiger charge is -2.31. The minimum Gasteiger partial charge on any atom is -0.467 e. The van der Waals surface area contributed by atoms with E-state index in [1.54, 1.807) is 0 Å². The van der Waals surface area contributed by atoms with Crippen LogP contribution >= 0.6 is 0 Å². The summed E-state index contributed by atoms with van der Waals surface area (Å²) < 4.78 is 19.7. The van der Waals surface area contributed by atoms with E-state index in [2.05, 4.69) is 9.47 Å². The number of methoxy groups -OCH3 is 2. The van der Waals surface area contributed by atoms with Crippen molar-refractivity contribution >= 4 is 22.7 Å². The molecule has 0 aromatic heterocycles. The fraction of sp³-hybridized carbons (Fsp3) is 0.636. The van der Waals surface area contributed by atoms with Gasteiger partial charge in [-0.15, -0.1) is 0 Å². The second-order valence-corrected chi connectivity index (χ2v) is 5.71. The third-order valence-corrected chi connectivity index (χ3v) is 4.96. The topological polar surface area (TPSA) is 69.7 Å². The maximum Gasteiger partial charge on any atom is 0.336 e. The summed E-state index contributed by atoms with van der Waals surface area (Å²) >= 11 is 0. The molecule has 0 saturated heterocycles. The van der Waals surface area contributed by atoms with Crippen molar-refractivity contribution in [2.24, 2.45) is 0 Å². The van der Waals surface area contributed by atoms with Crippen LogP contribution in [0.3, 0.4) is 0 Å². The summed E-state index contributed by atoms with van der Waals surface area (Å²) in [5.74, 6) is -1.40.